The van der Waals surface area contributed by atoms with E-state index in [0.717, 1.165) is 39.3 Å². The molecular formula is C22H26N4O5S. The van der Waals surface area contributed by atoms with Gasteiger partial charge in [0, 0.05) is 25.3 Å². The van der Waals surface area contributed by atoms with Crippen molar-refractivity contribution in [1.82, 2.24) is 10.2 Å². The molecule has 0 spiro atoms. The average Bonchev–Trinajstić information content (AvgIpc) is 3.16. The molecule has 0 aromatic heterocycles. The molecule has 0 radical (unpaired) electrons. The maximum absolute atomic E-state index is 12.9. The van der Waals surface area contributed by atoms with Crippen LogP contribution >= 0.6 is 0 Å². The standard InChI is InChI=1S/C22H26N4O5S/c27-21-15-16-14-17(6-7-19(16)24-21)32(29,30)25-20-5-2-1-4-18(20)22(28)23-8-3-9-26-10-12-31-13-11-26/h1-2,4-7,14,25H,3,8-13,15H2,(H,23,28)(H,24,27). The molecular weight excluding hydrogens is 432 g/mol. The number of fused-ring (bicyclic) bond motifs is 1. The molecule has 3 N–H and O–H groups in total. The number of ether oxygens (including phenoxy) is 1. The summed E-state index contributed by atoms with van der Waals surface area (Å²) < 4.78 is 33.7. The Labute approximate surface area is 187 Å². The van der Waals surface area contributed by atoms with Crippen molar-refractivity contribution in [2.24, 2.45) is 0 Å². The van der Waals surface area contributed by atoms with Crippen molar-refractivity contribution < 1.29 is 22.7 Å². The molecule has 0 aliphatic carbocycles. The number of benzene rings is 2. The zero-order valence-electron chi connectivity index (χ0n) is 17.6. The number of nitrogens with zero attached hydrogens (tertiary/aromatic N) is 1. The molecule has 4 rings (SSSR count). The molecule has 170 valence electrons. The zero-order valence-corrected chi connectivity index (χ0v) is 18.4. The topological polar surface area (TPSA) is 117 Å². The quantitative estimate of drug-likeness (QED) is 0.516. The molecule has 0 saturated carbocycles. The summed E-state index contributed by atoms with van der Waals surface area (Å²) in [5, 5.41) is 5.54. The third kappa shape index (κ3) is 5.26. The Hall–Kier alpha value is -2.95. The van der Waals surface area contributed by atoms with E-state index in [4.69, 9.17) is 4.74 Å². The molecule has 2 heterocycles. The van der Waals surface area contributed by atoms with Gasteiger partial charge in [0.25, 0.3) is 15.9 Å². The predicted octanol–water partition coefficient (Wildman–Crippen LogP) is 1.43. The number of rotatable bonds is 8. The second-order valence-corrected chi connectivity index (χ2v) is 9.44. The third-order valence-corrected chi connectivity index (χ3v) is 6.83. The summed E-state index contributed by atoms with van der Waals surface area (Å²) in [5.41, 5.74) is 1.70. The van der Waals surface area contributed by atoms with E-state index >= 15 is 0 Å². The summed E-state index contributed by atoms with van der Waals surface area (Å²) in [6.07, 6.45) is 0.934. The number of amides is 2. The van der Waals surface area contributed by atoms with Crippen LogP contribution < -0.4 is 15.4 Å². The number of carbonyl (C=O) groups is 2. The van der Waals surface area contributed by atoms with Crippen LogP contribution in [0, 0.1) is 0 Å². The van der Waals surface area contributed by atoms with Gasteiger partial charge in [-0.05, 0) is 48.9 Å². The molecule has 2 aromatic rings. The lowest BCUT2D eigenvalue weighted by Crippen LogP contribution is -2.38. The third-order valence-electron chi connectivity index (χ3n) is 5.47. The van der Waals surface area contributed by atoms with Gasteiger partial charge in [0.1, 0.15) is 0 Å². The van der Waals surface area contributed by atoms with Gasteiger partial charge in [-0.3, -0.25) is 19.2 Å². The van der Waals surface area contributed by atoms with Crippen LogP contribution in [-0.4, -0.2) is 64.5 Å². The maximum Gasteiger partial charge on any atom is 0.261 e. The van der Waals surface area contributed by atoms with E-state index in [1.807, 2.05) is 0 Å². The van der Waals surface area contributed by atoms with Crippen LogP contribution in [0.3, 0.4) is 0 Å². The Kier molecular flexibility index (Phi) is 6.73. The highest BCUT2D eigenvalue weighted by atomic mass is 32.2. The number of sulfonamides is 1. The molecule has 2 amide bonds. The van der Waals surface area contributed by atoms with E-state index in [1.54, 1.807) is 30.3 Å². The van der Waals surface area contributed by atoms with Crippen LogP contribution in [-0.2, 0) is 26.0 Å². The number of carbonyl (C=O) groups excluding carboxylic acids is 2. The molecule has 9 nitrogen and oxygen atoms in total. The lowest BCUT2D eigenvalue weighted by molar-refractivity contribution is -0.115. The predicted molar refractivity (Wildman–Crippen MR) is 120 cm³/mol. The Morgan fingerprint density at radius 1 is 1.12 bits per heavy atom. The molecule has 32 heavy (non-hydrogen) atoms. The smallest absolute Gasteiger partial charge is 0.261 e. The lowest BCUT2D eigenvalue weighted by Gasteiger charge is -2.26. The number of morpholine rings is 1. The fraction of sp³-hybridized carbons (Fsp3) is 0.364. The Bertz CT molecular complexity index is 1110. The summed E-state index contributed by atoms with van der Waals surface area (Å²) >= 11 is 0. The summed E-state index contributed by atoms with van der Waals surface area (Å²) in [5.74, 6) is -0.507. The fourth-order valence-electron chi connectivity index (χ4n) is 3.77. The Morgan fingerprint density at radius 3 is 2.72 bits per heavy atom. The number of nitrogens with one attached hydrogen (secondary N) is 3. The summed E-state index contributed by atoms with van der Waals surface area (Å²) in [6.45, 7) is 4.61. The monoisotopic (exact) mass is 458 g/mol. The second-order valence-electron chi connectivity index (χ2n) is 7.76. The summed E-state index contributed by atoms with van der Waals surface area (Å²) in [6, 6.07) is 11.0. The Balaban J connectivity index is 1.40. The van der Waals surface area contributed by atoms with Crippen LogP contribution in [0.5, 0.6) is 0 Å². The first kappa shape index (κ1) is 22.3. The highest BCUT2D eigenvalue weighted by molar-refractivity contribution is 7.92. The van der Waals surface area contributed by atoms with E-state index < -0.39 is 10.0 Å². The van der Waals surface area contributed by atoms with E-state index in [9.17, 15) is 18.0 Å². The average molecular weight is 459 g/mol. The lowest BCUT2D eigenvalue weighted by atomic mass is 10.1. The van der Waals surface area contributed by atoms with Gasteiger partial charge in [-0.2, -0.15) is 0 Å². The van der Waals surface area contributed by atoms with Crippen LogP contribution in [0.15, 0.2) is 47.4 Å². The van der Waals surface area contributed by atoms with Gasteiger partial charge in [0.05, 0.1) is 35.8 Å². The molecule has 2 aromatic carbocycles. The fourth-order valence-corrected chi connectivity index (χ4v) is 4.90. The van der Waals surface area contributed by atoms with Gasteiger partial charge < -0.3 is 15.4 Å². The largest absolute Gasteiger partial charge is 0.379 e. The molecule has 10 heteroatoms. The Morgan fingerprint density at radius 2 is 1.91 bits per heavy atom. The first-order chi connectivity index (χ1) is 15.4. The van der Waals surface area contributed by atoms with Crippen molar-refractivity contribution in [2.45, 2.75) is 17.7 Å². The van der Waals surface area contributed by atoms with Gasteiger partial charge in [-0.25, -0.2) is 8.42 Å². The second kappa shape index (κ2) is 9.68. The van der Waals surface area contributed by atoms with Crippen LogP contribution in [0.1, 0.15) is 22.3 Å². The van der Waals surface area contributed by atoms with E-state index in [2.05, 4.69) is 20.3 Å². The minimum atomic E-state index is -3.94. The van der Waals surface area contributed by atoms with Crippen molar-refractivity contribution in [3.05, 3.63) is 53.6 Å². The first-order valence-corrected chi connectivity index (χ1v) is 12.0. The zero-order chi connectivity index (χ0) is 22.6. The van der Waals surface area contributed by atoms with Crippen molar-refractivity contribution in [2.75, 3.05) is 49.4 Å². The van der Waals surface area contributed by atoms with E-state index in [-0.39, 0.29) is 34.4 Å². The minimum absolute atomic E-state index is 0.0356. The number of anilines is 2. The number of para-hydroxylation sites is 1. The van der Waals surface area contributed by atoms with Crippen molar-refractivity contribution >= 4 is 33.2 Å². The molecule has 0 bridgehead atoms. The molecule has 1 fully saturated rings. The van der Waals surface area contributed by atoms with Crippen LogP contribution in [0.4, 0.5) is 11.4 Å². The van der Waals surface area contributed by atoms with E-state index in [0.29, 0.717) is 17.8 Å². The van der Waals surface area contributed by atoms with E-state index in [1.165, 1.54) is 12.1 Å². The normalized spacial score (nSPS) is 16.3. The van der Waals surface area contributed by atoms with Gasteiger partial charge >= 0.3 is 0 Å². The summed E-state index contributed by atoms with van der Waals surface area (Å²) in [4.78, 5) is 26.6. The van der Waals surface area contributed by atoms with Crippen molar-refractivity contribution in [3.8, 4) is 0 Å². The highest BCUT2D eigenvalue weighted by Crippen LogP contribution is 2.27. The van der Waals surface area contributed by atoms with Gasteiger partial charge in [0.15, 0.2) is 0 Å². The number of hydrogen-bond acceptors (Lipinski definition) is 6. The van der Waals surface area contributed by atoms with Gasteiger partial charge in [0.2, 0.25) is 5.91 Å². The highest BCUT2D eigenvalue weighted by Gasteiger charge is 2.23. The van der Waals surface area contributed by atoms with Crippen LogP contribution in [0.2, 0.25) is 0 Å². The molecule has 2 aliphatic heterocycles. The number of hydrogen-bond donors (Lipinski definition) is 3. The maximum atomic E-state index is 12.9. The molecule has 0 unspecified atom stereocenters. The summed E-state index contributed by atoms with van der Waals surface area (Å²) in [7, 11) is -3.94. The minimum Gasteiger partial charge on any atom is -0.379 e. The SMILES string of the molecule is O=C1Cc2cc(S(=O)(=O)Nc3ccccc3C(=O)NCCCN3CCOCC3)ccc2N1. The van der Waals surface area contributed by atoms with Crippen LogP contribution in [0.25, 0.3) is 0 Å². The molecule has 2 aliphatic rings. The van der Waals surface area contributed by atoms with Crippen molar-refractivity contribution in [1.29, 1.82) is 0 Å². The van der Waals surface area contributed by atoms with Gasteiger partial charge in [-0.1, -0.05) is 12.1 Å². The van der Waals surface area contributed by atoms with Gasteiger partial charge in [-0.15, -0.1) is 0 Å². The van der Waals surface area contributed by atoms with Crippen molar-refractivity contribution in [3.63, 3.8) is 0 Å². The molecule has 1 saturated heterocycles. The molecule has 0 atom stereocenters. The first-order valence-electron chi connectivity index (χ1n) is 10.6.